The minimum Gasteiger partial charge on any atom is -0.381 e. The third-order valence-electron chi connectivity index (χ3n) is 3.95. The van der Waals surface area contributed by atoms with E-state index in [0.717, 1.165) is 43.6 Å². The van der Waals surface area contributed by atoms with Crippen LogP contribution in [0, 0.1) is 5.92 Å². The van der Waals surface area contributed by atoms with Gasteiger partial charge in [-0.3, -0.25) is 4.79 Å². The van der Waals surface area contributed by atoms with Gasteiger partial charge >= 0.3 is 0 Å². The van der Waals surface area contributed by atoms with Gasteiger partial charge in [-0.05, 0) is 30.9 Å². The smallest absolute Gasteiger partial charge is 0.221 e. The molecule has 0 radical (unpaired) electrons. The Labute approximate surface area is 124 Å². The van der Waals surface area contributed by atoms with E-state index in [-0.39, 0.29) is 5.91 Å². The first kappa shape index (κ1) is 14.1. The Bertz CT molecular complexity index is 602. The highest BCUT2D eigenvalue weighted by molar-refractivity contribution is 5.77. The molecule has 0 aliphatic carbocycles. The first-order chi connectivity index (χ1) is 10.3. The fourth-order valence-electron chi connectivity index (χ4n) is 2.73. The van der Waals surface area contributed by atoms with Crippen molar-refractivity contribution in [1.82, 2.24) is 14.9 Å². The van der Waals surface area contributed by atoms with Crippen LogP contribution in [0.5, 0.6) is 0 Å². The maximum absolute atomic E-state index is 11.9. The van der Waals surface area contributed by atoms with E-state index >= 15 is 0 Å². The molecule has 112 valence electrons. The van der Waals surface area contributed by atoms with Crippen molar-refractivity contribution < 1.29 is 9.53 Å². The molecule has 21 heavy (non-hydrogen) atoms. The summed E-state index contributed by atoms with van der Waals surface area (Å²) < 4.78 is 7.44. The van der Waals surface area contributed by atoms with Crippen molar-refractivity contribution in [3.8, 4) is 0 Å². The second kappa shape index (κ2) is 6.72. The number of nitrogens with one attached hydrogen (secondary N) is 1. The van der Waals surface area contributed by atoms with E-state index in [4.69, 9.17) is 4.74 Å². The average Bonchev–Trinajstić information content (AvgIpc) is 2.95. The fourth-order valence-corrected chi connectivity index (χ4v) is 2.73. The Kier molecular flexibility index (Phi) is 4.50. The van der Waals surface area contributed by atoms with Crippen LogP contribution in [0.25, 0.3) is 11.0 Å². The second-order valence-corrected chi connectivity index (χ2v) is 5.56. The van der Waals surface area contributed by atoms with Gasteiger partial charge in [-0.1, -0.05) is 12.1 Å². The molecule has 2 heterocycles. The number of imidazole rings is 1. The minimum atomic E-state index is 0.0957. The number of carbonyl (C=O) groups is 1. The molecule has 1 amide bonds. The van der Waals surface area contributed by atoms with Crippen molar-refractivity contribution in [2.75, 3.05) is 19.8 Å². The van der Waals surface area contributed by atoms with E-state index in [1.165, 1.54) is 0 Å². The molecule has 0 spiro atoms. The third-order valence-corrected chi connectivity index (χ3v) is 3.95. The lowest BCUT2D eigenvalue weighted by Gasteiger charge is -2.22. The number of amides is 1. The molecule has 5 nitrogen and oxygen atoms in total. The van der Waals surface area contributed by atoms with Gasteiger partial charge in [0.05, 0.1) is 24.0 Å². The number of carbonyl (C=O) groups excluding carboxylic acids is 1. The van der Waals surface area contributed by atoms with Gasteiger partial charge in [-0.15, -0.1) is 0 Å². The van der Waals surface area contributed by atoms with Crippen LogP contribution in [0.3, 0.4) is 0 Å². The van der Waals surface area contributed by atoms with E-state index in [2.05, 4.69) is 10.3 Å². The van der Waals surface area contributed by atoms with E-state index < -0.39 is 0 Å². The lowest BCUT2D eigenvalue weighted by Crippen LogP contribution is -2.33. The molecule has 2 aromatic rings. The molecule has 1 saturated heterocycles. The lowest BCUT2D eigenvalue weighted by molar-refractivity contribution is -0.121. The molecule has 0 bridgehead atoms. The zero-order valence-corrected chi connectivity index (χ0v) is 12.1. The number of ether oxygens (including phenoxy) is 1. The molecule has 1 aliphatic rings. The quantitative estimate of drug-likeness (QED) is 0.914. The lowest BCUT2D eigenvalue weighted by atomic mass is 10.0. The molecule has 0 saturated carbocycles. The molecule has 1 aliphatic heterocycles. The van der Waals surface area contributed by atoms with Crippen LogP contribution in [0.1, 0.15) is 19.3 Å². The molecule has 1 fully saturated rings. The van der Waals surface area contributed by atoms with E-state index in [0.29, 0.717) is 18.9 Å². The van der Waals surface area contributed by atoms with Gasteiger partial charge in [0.1, 0.15) is 0 Å². The maximum Gasteiger partial charge on any atom is 0.221 e. The molecule has 0 unspecified atom stereocenters. The second-order valence-electron chi connectivity index (χ2n) is 5.56. The Morgan fingerprint density at radius 2 is 2.33 bits per heavy atom. The highest BCUT2D eigenvalue weighted by Crippen LogP contribution is 2.13. The molecular formula is C16H21N3O2. The monoisotopic (exact) mass is 287 g/mol. The Hall–Kier alpha value is -1.88. The van der Waals surface area contributed by atoms with Crippen LogP contribution in [-0.2, 0) is 16.1 Å². The van der Waals surface area contributed by atoms with Crippen molar-refractivity contribution in [2.24, 2.45) is 5.92 Å². The van der Waals surface area contributed by atoms with Crippen LogP contribution < -0.4 is 5.32 Å². The van der Waals surface area contributed by atoms with Crippen LogP contribution in [0.2, 0.25) is 0 Å². The topological polar surface area (TPSA) is 56.2 Å². The summed E-state index contributed by atoms with van der Waals surface area (Å²) in [4.78, 5) is 16.3. The number of hydrogen-bond acceptors (Lipinski definition) is 3. The number of hydrogen-bond donors (Lipinski definition) is 1. The number of nitrogens with zero attached hydrogens (tertiary/aromatic N) is 2. The summed E-state index contributed by atoms with van der Waals surface area (Å²) in [7, 11) is 0. The average molecular weight is 287 g/mol. The van der Waals surface area contributed by atoms with Gasteiger partial charge in [-0.25, -0.2) is 4.98 Å². The summed E-state index contributed by atoms with van der Waals surface area (Å²) in [5, 5.41) is 3.01. The summed E-state index contributed by atoms with van der Waals surface area (Å²) in [6, 6.07) is 7.97. The molecule has 5 heteroatoms. The molecule has 1 aromatic heterocycles. The predicted molar refractivity (Wildman–Crippen MR) is 80.9 cm³/mol. The minimum absolute atomic E-state index is 0.0957. The largest absolute Gasteiger partial charge is 0.381 e. The Morgan fingerprint density at radius 1 is 1.43 bits per heavy atom. The van der Waals surface area contributed by atoms with Crippen LogP contribution >= 0.6 is 0 Å². The van der Waals surface area contributed by atoms with Crippen molar-refractivity contribution in [2.45, 2.75) is 25.8 Å². The number of aryl methyl sites for hydroxylation is 1. The van der Waals surface area contributed by atoms with Gasteiger partial charge in [0.25, 0.3) is 0 Å². The summed E-state index contributed by atoms with van der Waals surface area (Å²) in [5.74, 6) is 0.565. The number of para-hydroxylation sites is 2. The summed E-state index contributed by atoms with van der Waals surface area (Å²) in [6.07, 6.45) is 4.52. The van der Waals surface area contributed by atoms with E-state index in [9.17, 15) is 4.79 Å². The number of benzene rings is 1. The van der Waals surface area contributed by atoms with Crippen LogP contribution in [-0.4, -0.2) is 35.2 Å². The van der Waals surface area contributed by atoms with Gasteiger partial charge in [0.15, 0.2) is 0 Å². The van der Waals surface area contributed by atoms with Gasteiger partial charge in [0, 0.05) is 26.1 Å². The Morgan fingerprint density at radius 3 is 3.19 bits per heavy atom. The molecule has 1 atom stereocenters. The summed E-state index contributed by atoms with van der Waals surface area (Å²) in [6.45, 7) is 3.02. The first-order valence-corrected chi connectivity index (χ1v) is 7.57. The Balaban J connectivity index is 1.47. The zero-order valence-electron chi connectivity index (χ0n) is 12.1. The highest BCUT2D eigenvalue weighted by atomic mass is 16.5. The van der Waals surface area contributed by atoms with E-state index in [1.807, 2.05) is 28.8 Å². The standard InChI is InChI=1S/C16H21N3O2/c20-16(17-10-13-4-3-9-21-11-13)7-8-19-12-18-14-5-1-2-6-15(14)19/h1-2,5-6,12-13H,3-4,7-11H2,(H,17,20)/t13-/m0/s1. The van der Waals surface area contributed by atoms with Gasteiger partial charge < -0.3 is 14.6 Å². The van der Waals surface area contributed by atoms with Crippen molar-refractivity contribution in [1.29, 1.82) is 0 Å². The summed E-state index contributed by atoms with van der Waals surface area (Å²) >= 11 is 0. The van der Waals surface area contributed by atoms with Crippen LogP contribution in [0.4, 0.5) is 0 Å². The molecular weight excluding hydrogens is 266 g/mol. The zero-order chi connectivity index (χ0) is 14.5. The maximum atomic E-state index is 11.9. The van der Waals surface area contributed by atoms with Gasteiger partial charge in [0.2, 0.25) is 5.91 Å². The van der Waals surface area contributed by atoms with Crippen LogP contribution in [0.15, 0.2) is 30.6 Å². The normalized spacial score (nSPS) is 18.8. The molecule has 1 N–H and O–H groups in total. The number of aromatic nitrogens is 2. The van der Waals surface area contributed by atoms with Crippen molar-refractivity contribution in [3.05, 3.63) is 30.6 Å². The van der Waals surface area contributed by atoms with Crippen molar-refractivity contribution >= 4 is 16.9 Å². The number of rotatable bonds is 5. The van der Waals surface area contributed by atoms with Gasteiger partial charge in [-0.2, -0.15) is 0 Å². The first-order valence-electron chi connectivity index (χ1n) is 7.57. The van der Waals surface area contributed by atoms with Crippen molar-refractivity contribution in [3.63, 3.8) is 0 Å². The predicted octanol–water partition coefficient (Wildman–Crippen LogP) is 1.97. The third kappa shape index (κ3) is 3.61. The summed E-state index contributed by atoms with van der Waals surface area (Å²) in [5.41, 5.74) is 2.04. The van der Waals surface area contributed by atoms with E-state index in [1.54, 1.807) is 6.33 Å². The molecule has 3 rings (SSSR count). The fraction of sp³-hybridized carbons (Fsp3) is 0.500. The SMILES string of the molecule is O=C(CCn1cnc2ccccc21)NC[C@@H]1CCCOC1. The molecule has 1 aromatic carbocycles. The number of fused-ring (bicyclic) bond motifs is 1. The highest BCUT2D eigenvalue weighted by Gasteiger charge is 2.14.